The van der Waals surface area contributed by atoms with Crippen LogP contribution in [0.15, 0.2) is 6.07 Å². The molecule has 0 aromatic carbocycles. The Labute approximate surface area is 89.2 Å². The number of aromatic nitrogens is 2. The van der Waals surface area contributed by atoms with Crippen LogP contribution in [0.3, 0.4) is 0 Å². The van der Waals surface area contributed by atoms with Crippen molar-refractivity contribution < 1.29 is 17.9 Å². The average Bonchev–Trinajstić information content (AvgIpc) is 1.99. The molecule has 1 atom stereocenters. The summed E-state index contributed by atoms with van der Waals surface area (Å²) in [5.74, 6) is -0.183. The van der Waals surface area contributed by atoms with Crippen LogP contribution in [-0.4, -0.2) is 22.2 Å². The summed E-state index contributed by atoms with van der Waals surface area (Å²) in [6, 6.07) is 1.29. The Morgan fingerprint density at radius 1 is 1.40 bits per heavy atom. The van der Waals surface area contributed by atoms with Gasteiger partial charge in [-0.3, -0.25) is 0 Å². The minimum atomic E-state index is -4.43. The number of halogens is 4. The molecule has 0 amide bonds. The minimum absolute atomic E-state index is 0.139. The normalized spacial score (nSPS) is 13.7. The third kappa shape index (κ3) is 3.54. The lowest BCUT2D eigenvalue weighted by molar-refractivity contribution is -0.190. The summed E-state index contributed by atoms with van der Waals surface area (Å²) in [6.45, 7) is 2.48. The van der Waals surface area contributed by atoms with Crippen LogP contribution in [0.4, 0.5) is 13.2 Å². The fourth-order valence-electron chi connectivity index (χ4n) is 0.813. The molecule has 1 heterocycles. The van der Waals surface area contributed by atoms with Crippen molar-refractivity contribution in [3.63, 3.8) is 0 Å². The van der Waals surface area contributed by atoms with Crippen LogP contribution in [0.1, 0.15) is 12.6 Å². The van der Waals surface area contributed by atoms with Gasteiger partial charge in [0.1, 0.15) is 0 Å². The van der Waals surface area contributed by atoms with Crippen molar-refractivity contribution in [1.82, 2.24) is 9.97 Å². The fraction of sp³-hybridized carbons (Fsp3) is 0.500. The predicted molar refractivity (Wildman–Crippen MR) is 47.9 cm³/mol. The van der Waals surface area contributed by atoms with Crippen LogP contribution >= 0.6 is 11.6 Å². The van der Waals surface area contributed by atoms with Crippen LogP contribution in [0.25, 0.3) is 0 Å². The van der Waals surface area contributed by atoms with Crippen LogP contribution in [0.5, 0.6) is 5.88 Å². The van der Waals surface area contributed by atoms with Gasteiger partial charge in [0.15, 0.2) is 6.10 Å². The summed E-state index contributed by atoms with van der Waals surface area (Å²) in [4.78, 5) is 7.22. The zero-order valence-corrected chi connectivity index (χ0v) is 8.73. The van der Waals surface area contributed by atoms with Crippen molar-refractivity contribution in [3.05, 3.63) is 17.0 Å². The summed E-state index contributed by atoms with van der Waals surface area (Å²) in [6.07, 6.45) is -6.35. The molecule has 84 valence electrons. The van der Waals surface area contributed by atoms with Gasteiger partial charge in [0, 0.05) is 11.8 Å². The molecule has 1 rings (SSSR count). The smallest absolute Gasteiger partial charge is 0.425 e. The highest BCUT2D eigenvalue weighted by Gasteiger charge is 2.38. The summed E-state index contributed by atoms with van der Waals surface area (Å²) < 4.78 is 41.0. The van der Waals surface area contributed by atoms with E-state index in [0.29, 0.717) is 5.69 Å². The molecule has 0 fully saturated rings. The second kappa shape index (κ2) is 4.22. The van der Waals surface area contributed by atoms with Crippen LogP contribution in [0, 0.1) is 6.92 Å². The number of hydrogen-bond acceptors (Lipinski definition) is 3. The zero-order valence-electron chi connectivity index (χ0n) is 7.97. The molecule has 0 aliphatic rings. The van der Waals surface area contributed by atoms with Gasteiger partial charge in [0.05, 0.1) is 0 Å². The molecule has 1 unspecified atom stereocenters. The van der Waals surface area contributed by atoms with E-state index in [9.17, 15) is 13.2 Å². The van der Waals surface area contributed by atoms with Crippen molar-refractivity contribution in [3.8, 4) is 5.88 Å². The molecule has 0 radical (unpaired) electrons. The Morgan fingerprint density at radius 2 is 2.00 bits per heavy atom. The molecule has 7 heteroatoms. The quantitative estimate of drug-likeness (QED) is 0.746. The number of alkyl halides is 3. The first kappa shape index (κ1) is 12.0. The third-order valence-corrected chi connectivity index (χ3v) is 1.73. The molecule has 1 aromatic rings. The number of rotatable bonds is 2. The zero-order chi connectivity index (χ0) is 11.6. The van der Waals surface area contributed by atoms with E-state index in [4.69, 9.17) is 11.6 Å². The topological polar surface area (TPSA) is 35.0 Å². The van der Waals surface area contributed by atoms with E-state index in [0.717, 1.165) is 6.92 Å². The molecule has 0 bridgehead atoms. The first-order valence-corrected chi connectivity index (χ1v) is 4.41. The van der Waals surface area contributed by atoms with E-state index in [-0.39, 0.29) is 11.2 Å². The maximum atomic E-state index is 12.1. The number of aryl methyl sites for hydroxylation is 1. The second-order valence-corrected chi connectivity index (χ2v) is 3.26. The Balaban J connectivity index is 2.81. The van der Waals surface area contributed by atoms with E-state index >= 15 is 0 Å². The van der Waals surface area contributed by atoms with Crippen LogP contribution in [-0.2, 0) is 0 Å². The lowest BCUT2D eigenvalue weighted by Gasteiger charge is -2.16. The van der Waals surface area contributed by atoms with Gasteiger partial charge in [0.25, 0.3) is 0 Å². The SMILES string of the molecule is Cc1cc(OC(C)C(F)(F)F)nc(Cl)n1. The summed E-state index contributed by atoms with van der Waals surface area (Å²) in [5, 5.41) is -0.139. The second-order valence-electron chi connectivity index (χ2n) is 2.92. The Morgan fingerprint density at radius 3 is 2.47 bits per heavy atom. The maximum Gasteiger partial charge on any atom is 0.425 e. The predicted octanol–water partition coefficient (Wildman–Crippen LogP) is 2.77. The minimum Gasteiger partial charge on any atom is -0.465 e. The Hall–Kier alpha value is -1.04. The van der Waals surface area contributed by atoms with Gasteiger partial charge in [-0.25, -0.2) is 4.98 Å². The molecule has 0 aliphatic heterocycles. The van der Waals surface area contributed by atoms with Crippen molar-refractivity contribution in [1.29, 1.82) is 0 Å². The molecule has 0 saturated carbocycles. The van der Waals surface area contributed by atoms with Crippen molar-refractivity contribution in [2.75, 3.05) is 0 Å². The molecular weight excluding hydrogens is 233 g/mol. The van der Waals surface area contributed by atoms with Crippen molar-refractivity contribution >= 4 is 11.6 Å². The van der Waals surface area contributed by atoms with E-state index in [1.807, 2.05) is 0 Å². The lowest BCUT2D eigenvalue weighted by atomic mass is 10.4. The first-order valence-electron chi connectivity index (χ1n) is 4.03. The van der Waals surface area contributed by atoms with E-state index in [1.54, 1.807) is 6.92 Å². The Bertz CT molecular complexity index is 336. The third-order valence-electron chi connectivity index (χ3n) is 1.56. The Kier molecular flexibility index (Phi) is 3.38. The van der Waals surface area contributed by atoms with Gasteiger partial charge >= 0.3 is 6.18 Å². The van der Waals surface area contributed by atoms with Crippen molar-refractivity contribution in [2.45, 2.75) is 26.1 Å². The fourth-order valence-corrected chi connectivity index (χ4v) is 1.03. The summed E-state index contributed by atoms with van der Waals surface area (Å²) in [7, 11) is 0. The van der Waals surface area contributed by atoms with E-state index in [1.165, 1.54) is 6.07 Å². The van der Waals surface area contributed by atoms with Gasteiger partial charge < -0.3 is 4.74 Å². The largest absolute Gasteiger partial charge is 0.465 e. The summed E-state index contributed by atoms with van der Waals surface area (Å²) >= 11 is 5.46. The number of hydrogen-bond donors (Lipinski definition) is 0. The monoisotopic (exact) mass is 240 g/mol. The van der Waals surface area contributed by atoms with Gasteiger partial charge in [-0.05, 0) is 25.4 Å². The first-order chi connectivity index (χ1) is 6.79. The standard InChI is InChI=1S/C8H8ClF3N2O/c1-4-3-6(14-7(9)13-4)15-5(2)8(10,11)12/h3,5H,1-2H3. The molecular formula is C8H8ClF3N2O. The lowest BCUT2D eigenvalue weighted by Crippen LogP contribution is -2.31. The van der Waals surface area contributed by atoms with Crippen LogP contribution < -0.4 is 4.74 Å². The molecule has 3 nitrogen and oxygen atoms in total. The molecule has 15 heavy (non-hydrogen) atoms. The molecule has 1 aromatic heterocycles. The molecule has 0 spiro atoms. The van der Waals surface area contributed by atoms with E-state index < -0.39 is 12.3 Å². The van der Waals surface area contributed by atoms with Crippen molar-refractivity contribution in [2.24, 2.45) is 0 Å². The van der Waals surface area contributed by atoms with Gasteiger partial charge in [0.2, 0.25) is 11.2 Å². The average molecular weight is 241 g/mol. The summed E-state index contributed by atoms with van der Waals surface area (Å²) in [5.41, 5.74) is 0.444. The molecule has 0 aliphatic carbocycles. The number of nitrogens with zero attached hydrogens (tertiary/aromatic N) is 2. The molecule has 0 N–H and O–H groups in total. The number of ether oxygens (including phenoxy) is 1. The highest BCUT2D eigenvalue weighted by Crippen LogP contribution is 2.24. The van der Waals surface area contributed by atoms with Gasteiger partial charge in [-0.1, -0.05) is 0 Å². The van der Waals surface area contributed by atoms with E-state index in [2.05, 4.69) is 14.7 Å². The molecule has 0 saturated heterocycles. The highest BCUT2D eigenvalue weighted by molar-refractivity contribution is 6.28. The van der Waals surface area contributed by atoms with Gasteiger partial charge in [-0.2, -0.15) is 18.2 Å². The van der Waals surface area contributed by atoms with Gasteiger partial charge in [-0.15, -0.1) is 0 Å². The highest BCUT2D eigenvalue weighted by atomic mass is 35.5. The van der Waals surface area contributed by atoms with Crippen LogP contribution in [0.2, 0.25) is 5.28 Å². The maximum absolute atomic E-state index is 12.1.